The normalized spacial score (nSPS) is 17.5. The number of hydrogen-bond acceptors (Lipinski definition) is 4. The molecule has 1 fully saturated rings. The van der Waals surface area contributed by atoms with Gasteiger partial charge in [-0.3, -0.25) is 9.89 Å². The Morgan fingerprint density at radius 1 is 1.14 bits per heavy atom. The molecule has 1 aliphatic heterocycles. The Labute approximate surface area is 198 Å². The molecule has 7 heteroatoms. The van der Waals surface area contributed by atoms with E-state index >= 15 is 0 Å². The van der Waals surface area contributed by atoms with E-state index in [-0.39, 0.29) is 28.7 Å². The third-order valence-electron chi connectivity index (χ3n) is 5.56. The summed E-state index contributed by atoms with van der Waals surface area (Å²) < 4.78 is 5.84. The lowest BCUT2D eigenvalue weighted by Gasteiger charge is -2.37. The minimum absolute atomic E-state index is 0. The van der Waals surface area contributed by atoms with Gasteiger partial charge in [-0.25, -0.2) is 0 Å². The zero-order chi connectivity index (χ0) is 20.2. The van der Waals surface area contributed by atoms with Crippen molar-refractivity contribution in [3.8, 4) is 0 Å². The molecule has 1 heterocycles. The Morgan fingerprint density at radius 2 is 1.79 bits per heavy atom. The van der Waals surface area contributed by atoms with Gasteiger partial charge >= 0.3 is 0 Å². The van der Waals surface area contributed by atoms with Gasteiger partial charge in [-0.15, -0.1) is 24.0 Å². The molecular formula is C22H39IN4OS. The fourth-order valence-corrected chi connectivity index (χ4v) is 5.12. The Hall–Kier alpha value is -0.510. The van der Waals surface area contributed by atoms with Crippen LogP contribution >= 0.6 is 35.7 Å². The number of nitrogens with zero attached hydrogens (tertiary/aromatic N) is 2. The molecule has 0 amide bonds. The van der Waals surface area contributed by atoms with Crippen molar-refractivity contribution in [1.29, 1.82) is 0 Å². The molecule has 0 bridgehead atoms. The molecule has 2 N–H and O–H groups in total. The second-order valence-corrected chi connectivity index (χ2v) is 8.91. The largest absolute Gasteiger partial charge is 0.381 e. The first-order valence-corrected chi connectivity index (χ1v) is 11.6. The third-order valence-corrected chi connectivity index (χ3v) is 7.01. The number of ether oxygens (including phenoxy) is 1. The number of thioether (sulfide) groups is 1. The van der Waals surface area contributed by atoms with E-state index in [1.165, 1.54) is 5.56 Å². The summed E-state index contributed by atoms with van der Waals surface area (Å²) in [5.74, 6) is 2.02. The lowest BCUT2D eigenvalue weighted by Crippen LogP contribution is -2.49. The van der Waals surface area contributed by atoms with Gasteiger partial charge in [-0.2, -0.15) is 11.8 Å². The molecule has 1 aromatic rings. The predicted octanol–water partition coefficient (Wildman–Crippen LogP) is 4.15. The summed E-state index contributed by atoms with van der Waals surface area (Å²) in [6.07, 6.45) is 2.20. The molecule has 1 atom stereocenters. The molecule has 1 aliphatic rings. The summed E-state index contributed by atoms with van der Waals surface area (Å²) in [5, 5.41) is 7.16. The van der Waals surface area contributed by atoms with Crippen molar-refractivity contribution in [2.45, 2.75) is 44.4 Å². The van der Waals surface area contributed by atoms with Crippen LogP contribution in [0.2, 0.25) is 0 Å². The third kappa shape index (κ3) is 8.26. The maximum Gasteiger partial charge on any atom is 0.191 e. The summed E-state index contributed by atoms with van der Waals surface area (Å²) in [6.45, 7) is 12.2. The first-order chi connectivity index (χ1) is 13.7. The molecule has 5 nitrogen and oxygen atoms in total. The lowest BCUT2D eigenvalue weighted by molar-refractivity contribution is 0.0782. The number of likely N-dealkylation sites (N-methyl/N-ethyl adjacent to an activating group) is 1. The van der Waals surface area contributed by atoms with Crippen LogP contribution < -0.4 is 10.6 Å². The highest BCUT2D eigenvalue weighted by molar-refractivity contribution is 14.0. The number of nitrogens with one attached hydrogen (secondary N) is 2. The summed E-state index contributed by atoms with van der Waals surface area (Å²) in [6, 6.07) is 11.1. The van der Waals surface area contributed by atoms with Crippen LogP contribution in [0.15, 0.2) is 35.3 Å². The Kier molecular flexibility index (Phi) is 13.3. The highest BCUT2D eigenvalue weighted by atomic mass is 127. The SMILES string of the molecule is CCSC1(CNC(=NC)NCC(c2ccccc2)N(CC)CC)CCOCC1.I. The fourth-order valence-electron chi connectivity index (χ4n) is 3.88. The van der Waals surface area contributed by atoms with Gasteiger partial charge in [0.1, 0.15) is 0 Å². The van der Waals surface area contributed by atoms with Gasteiger partial charge in [-0.1, -0.05) is 51.1 Å². The molecule has 166 valence electrons. The van der Waals surface area contributed by atoms with E-state index in [1.807, 2.05) is 7.05 Å². The van der Waals surface area contributed by atoms with Crippen LogP contribution in [0.25, 0.3) is 0 Å². The maximum atomic E-state index is 5.59. The summed E-state index contributed by atoms with van der Waals surface area (Å²) in [7, 11) is 1.86. The zero-order valence-electron chi connectivity index (χ0n) is 18.4. The topological polar surface area (TPSA) is 48.9 Å². The highest BCUT2D eigenvalue weighted by Crippen LogP contribution is 2.34. The molecule has 1 aromatic carbocycles. The van der Waals surface area contributed by atoms with E-state index < -0.39 is 0 Å². The van der Waals surface area contributed by atoms with Crippen LogP contribution in [-0.4, -0.2) is 67.8 Å². The van der Waals surface area contributed by atoms with Gasteiger partial charge in [0.05, 0.1) is 6.04 Å². The van der Waals surface area contributed by atoms with E-state index in [2.05, 4.69) is 83.4 Å². The van der Waals surface area contributed by atoms with Crippen LogP contribution in [0.4, 0.5) is 0 Å². The van der Waals surface area contributed by atoms with Gasteiger partial charge in [-0.05, 0) is 37.2 Å². The number of benzene rings is 1. The Balaban J connectivity index is 0.00000420. The molecule has 0 aromatic heterocycles. The van der Waals surface area contributed by atoms with Gasteiger partial charge in [0.2, 0.25) is 0 Å². The van der Waals surface area contributed by atoms with Crippen LogP contribution in [-0.2, 0) is 4.74 Å². The molecule has 0 radical (unpaired) electrons. The monoisotopic (exact) mass is 534 g/mol. The minimum Gasteiger partial charge on any atom is -0.381 e. The lowest BCUT2D eigenvalue weighted by atomic mass is 9.99. The smallest absolute Gasteiger partial charge is 0.191 e. The van der Waals surface area contributed by atoms with Crippen LogP contribution in [0.5, 0.6) is 0 Å². The molecule has 29 heavy (non-hydrogen) atoms. The van der Waals surface area contributed by atoms with Crippen molar-refractivity contribution in [3.05, 3.63) is 35.9 Å². The predicted molar refractivity (Wildman–Crippen MR) is 138 cm³/mol. The number of halogens is 1. The standard InChI is InChI=1S/C22H38N4OS.HI/c1-5-26(6-2)20(19-11-9-8-10-12-19)17-24-21(23-4)25-18-22(28-7-3)13-15-27-16-14-22;/h8-12,20H,5-7,13-18H2,1-4H3,(H2,23,24,25);1H. The van der Waals surface area contributed by atoms with E-state index in [4.69, 9.17) is 4.74 Å². The Bertz CT molecular complexity index is 572. The molecule has 1 saturated heterocycles. The van der Waals surface area contributed by atoms with Crippen molar-refractivity contribution in [3.63, 3.8) is 0 Å². The van der Waals surface area contributed by atoms with E-state index in [0.717, 1.165) is 63.9 Å². The quantitative estimate of drug-likeness (QED) is 0.268. The minimum atomic E-state index is 0. The van der Waals surface area contributed by atoms with Gasteiger partial charge in [0.15, 0.2) is 5.96 Å². The first kappa shape index (κ1) is 26.5. The average Bonchev–Trinajstić information content (AvgIpc) is 2.74. The van der Waals surface area contributed by atoms with Gasteiger partial charge < -0.3 is 15.4 Å². The van der Waals surface area contributed by atoms with Gasteiger partial charge in [0, 0.05) is 38.1 Å². The number of guanidine groups is 1. The van der Waals surface area contributed by atoms with E-state index in [0.29, 0.717) is 6.04 Å². The summed E-state index contributed by atoms with van der Waals surface area (Å²) in [4.78, 5) is 6.96. The zero-order valence-corrected chi connectivity index (χ0v) is 21.6. The molecule has 2 rings (SSSR count). The average molecular weight is 535 g/mol. The molecule has 1 unspecified atom stereocenters. The number of aliphatic imine (C=N–C) groups is 1. The maximum absolute atomic E-state index is 5.59. The molecule has 0 spiro atoms. The van der Waals surface area contributed by atoms with Gasteiger partial charge in [0.25, 0.3) is 0 Å². The van der Waals surface area contributed by atoms with Crippen molar-refractivity contribution in [1.82, 2.24) is 15.5 Å². The van der Waals surface area contributed by atoms with Crippen LogP contribution in [0.1, 0.15) is 45.2 Å². The molecular weight excluding hydrogens is 495 g/mol. The molecule has 0 saturated carbocycles. The van der Waals surface area contributed by atoms with Crippen molar-refractivity contribution in [2.75, 3.05) is 52.2 Å². The first-order valence-electron chi connectivity index (χ1n) is 10.6. The van der Waals surface area contributed by atoms with Crippen molar-refractivity contribution in [2.24, 2.45) is 4.99 Å². The Morgan fingerprint density at radius 3 is 2.34 bits per heavy atom. The van der Waals surface area contributed by atoms with E-state index in [1.54, 1.807) is 0 Å². The number of rotatable bonds is 10. The molecule has 0 aliphatic carbocycles. The highest BCUT2D eigenvalue weighted by Gasteiger charge is 2.32. The second kappa shape index (κ2) is 14.5. The second-order valence-electron chi connectivity index (χ2n) is 7.18. The van der Waals surface area contributed by atoms with E-state index in [9.17, 15) is 0 Å². The van der Waals surface area contributed by atoms with Crippen LogP contribution in [0.3, 0.4) is 0 Å². The number of hydrogen-bond donors (Lipinski definition) is 2. The summed E-state index contributed by atoms with van der Waals surface area (Å²) >= 11 is 2.05. The van der Waals surface area contributed by atoms with Crippen molar-refractivity contribution < 1.29 is 4.74 Å². The fraction of sp³-hybridized carbons (Fsp3) is 0.682. The van der Waals surface area contributed by atoms with Crippen molar-refractivity contribution >= 4 is 41.7 Å². The van der Waals surface area contributed by atoms with Crippen LogP contribution in [0, 0.1) is 0 Å². The summed E-state index contributed by atoms with van der Waals surface area (Å²) in [5.41, 5.74) is 1.34.